The Morgan fingerprint density at radius 3 is 2.89 bits per heavy atom. The molecule has 0 saturated carbocycles. The van der Waals surface area contributed by atoms with Crippen LogP contribution in [0.3, 0.4) is 0 Å². The molecule has 1 unspecified atom stereocenters. The van der Waals surface area contributed by atoms with Gasteiger partial charge >= 0.3 is 0 Å². The normalized spacial score (nSPS) is 19.5. The van der Waals surface area contributed by atoms with Crippen LogP contribution in [0.4, 0.5) is 4.39 Å². The molecule has 0 N–H and O–H groups in total. The summed E-state index contributed by atoms with van der Waals surface area (Å²) in [5, 5.41) is 0.327. The summed E-state index contributed by atoms with van der Waals surface area (Å²) in [4.78, 5) is 12.1. The van der Waals surface area contributed by atoms with Crippen molar-refractivity contribution in [2.45, 2.75) is 32.6 Å². The SMILES string of the molecule is CC1CC=C(C(=O)Cc2ccc(F)cc2Cl)CC1. The molecule has 3 heteroatoms. The van der Waals surface area contributed by atoms with E-state index in [1.165, 1.54) is 12.1 Å². The van der Waals surface area contributed by atoms with Gasteiger partial charge in [0.15, 0.2) is 5.78 Å². The largest absolute Gasteiger partial charge is 0.294 e. The second kappa shape index (κ2) is 5.66. The van der Waals surface area contributed by atoms with Gasteiger partial charge in [0.1, 0.15) is 5.82 Å². The molecule has 18 heavy (non-hydrogen) atoms. The Kier molecular flexibility index (Phi) is 4.18. The zero-order valence-electron chi connectivity index (χ0n) is 10.4. The van der Waals surface area contributed by atoms with E-state index in [0.717, 1.165) is 24.8 Å². The number of carbonyl (C=O) groups is 1. The van der Waals surface area contributed by atoms with Gasteiger partial charge in [-0.2, -0.15) is 0 Å². The van der Waals surface area contributed by atoms with E-state index in [0.29, 0.717) is 16.5 Å². The Morgan fingerprint density at radius 2 is 2.28 bits per heavy atom. The van der Waals surface area contributed by atoms with Crippen molar-refractivity contribution in [2.24, 2.45) is 5.92 Å². The number of carbonyl (C=O) groups excluding carboxylic acids is 1. The van der Waals surface area contributed by atoms with Crippen molar-refractivity contribution < 1.29 is 9.18 Å². The molecule has 0 bridgehead atoms. The molecule has 0 amide bonds. The minimum atomic E-state index is -0.373. The van der Waals surface area contributed by atoms with Crippen LogP contribution in [0.1, 0.15) is 31.7 Å². The Balaban J connectivity index is 2.07. The molecule has 0 radical (unpaired) electrons. The zero-order valence-corrected chi connectivity index (χ0v) is 11.1. The zero-order chi connectivity index (χ0) is 13.1. The molecule has 0 aromatic heterocycles. The van der Waals surface area contributed by atoms with Crippen molar-refractivity contribution in [3.63, 3.8) is 0 Å². The highest BCUT2D eigenvalue weighted by Crippen LogP contribution is 2.25. The van der Waals surface area contributed by atoms with Crippen LogP contribution in [-0.4, -0.2) is 5.78 Å². The van der Waals surface area contributed by atoms with Gasteiger partial charge in [-0.15, -0.1) is 0 Å². The van der Waals surface area contributed by atoms with E-state index in [1.54, 1.807) is 6.07 Å². The number of halogens is 2. The van der Waals surface area contributed by atoms with Gasteiger partial charge in [-0.1, -0.05) is 30.7 Å². The molecule has 1 aromatic carbocycles. The minimum Gasteiger partial charge on any atom is -0.294 e. The third-order valence-electron chi connectivity index (χ3n) is 3.40. The Labute approximate surface area is 112 Å². The third kappa shape index (κ3) is 3.20. The van der Waals surface area contributed by atoms with Gasteiger partial charge < -0.3 is 0 Å². The first-order chi connectivity index (χ1) is 8.56. The number of rotatable bonds is 3. The van der Waals surface area contributed by atoms with Gasteiger partial charge in [0.2, 0.25) is 0 Å². The van der Waals surface area contributed by atoms with Crippen LogP contribution in [0.5, 0.6) is 0 Å². The number of benzene rings is 1. The lowest BCUT2D eigenvalue weighted by Crippen LogP contribution is -2.12. The summed E-state index contributed by atoms with van der Waals surface area (Å²) < 4.78 is 12.9. The van der Waals surface area contributed by atoms with Crippen molar-refractivity contribution in [1.82, 2.24) is 0 Å². The summed E-state index contributed by atoms with van der Waals surface area (Å²) in [6.45, 7) is 2.19. The highest BCUT2D eigenvalue weighted by Gasteiger charge is 2.17. The Hall–Kier alpha value is -1.15. The van der Waals surface area contributed by atoms with Crippen LogP contribution in [0.15, 0.2) is 29.8 Å². The predicted octanol–water partition coefficient (Wildman–Crippen LogP) is 4.34. The molecular formula is C15H16ClFO. The quantitative estimate of drug-likeness (QED) is 0.795. The van der Waals surface area contributed by atoms with E-state index < -0.39 is 0 Å². The Morgan fingerprint density at radius 1 is 1.50 bits per heavy atom. The average molecular weight is 267 g/mol. The lowest BCUT2D eigenvalue weighted by Gasteiger charge is -2.17. The molecule has 0 heterocycles. The van der Waals surface area contributed by atoms with Gasteiger partial charge in [-0.05, 0) is 48.4 Å². The van der Waals surface area contributed by atoms with E-state index in [1.807, 2.05) is 6.08 Å². The van der Waals surface area contributed by atoms with E-state index in [2.05, 4.69) is 6.92 Å². The summed E-state index contributed by atoms with van der Waals surface area (Å²) >= 11 is 5.92. The van der Waals surface area contributed by atoms with Crippen LogP contribution in [0, 0.1) is 11.7 Å². The van der Waals surface area contributed by atoms with E-state index in [4.69, 9.17) is 11.6 Å². The molecule has 1 aromatic rings. The van der Waals surface area contributed by atoms with Gasteiger partial charge in [-0.25, -0.2) is 4.39 Å². The first-order valence-corrected chi connectivity index (χ1v) is 6.60. The number of hydrogen-bond donors (Lipinski definition) is 0. The second-order valence-electron chi connectivity index (χ2n) is 4.94. The molecule has 1 aliphatic carbocycles. The van der Waals surface area contributed by atoms with E-state index in [9.17, 15) is 9.18 Å². The van der Waals surface area contributed by atoms with Crippen LogP contribution in [-0.2, 0) is 11.2 Å². The smallest absolute Gasteiger partial charge is 0.162 e. The lowest BCUT2D eigenvalue weighted by molar-refractivity contribution is -0.115. The first-order valence-electron chi connectivity index (χ1n) is 6.22. The molecule has 2 rings (SSSR count). The number of hydrogen-bond acceptors (Lipinski definition) is 1. The van der Waals surface area contributed by atoms with E-state index >= 15 is 0 Å². The number of allylic oxidation sites excluding steroid dienone is 2. The number of Topliss-reactive ketones (excluding diaryl/α,β-unsaturated/α-hetero) is 1. The van der Waals surface area contributed by atoms with Gasteiger partial charge in [0.05, 0.1) is 0 Å². The molecule has 0 aliphatic heterocycles. The minimum absolute atomic E-state index is 0.107. The predicted molar refractivity (Wildman–Crippen MR) is 71.2 cm³/mol. The van der Waals surface area contributed by atoms with E-state index in [-0.39, 0.29) is 18.0 Å². The molecule has 0 spiro atoms. The third-order valence-corrected chi connectivity index (χ3v) is 3.75. The fourth-order valence-electron chi connectivity index (χ4n) is 2.17. The Bertz CT molecular complexity index is 493. The second-order valence-corrected chi connectivity index (χ2v) is 5.35. The summed E-state index contributed by atoms with van der Waals surface area (Å²) in [6.07, 6.45) is 5.18. The van der Waals surface area contributed by atoms with Gasteiger partial charge in [-0.3, -0.25) is 4.79 Å². The highest BCUT2D eigenvalue weighted by molar-refractivity contribution is 6.31. The van der Waals surface area contributed by atoms with Crippen LogP contribution >= 0.6 is 11.6 Å². The molecule has 0 fully saturated rings. The highest BCUT2D eigenvalue weighted by atomic mass is 35.5. The summed E-state index contributed by atoms with van der Waals surface area (Å²) in [7, 11) is 0. The molecule has 1 aliphatic rings. The maximum atomic E-state index is 12.9. The maximum absolute atomic E-state index is 12.9. The van der Waals surface area contributed by atoms with Crippen LogP contribution in [0.25, 0.3) is 0 Å². The molecule has 1 atom stereocenters. The molecule has 0 saturated heterocycles. The number of ketones is 1. The molecule has 1 nitrogen and oxygen atoms in total. The van der Waals surface area contributed by atoms with Gasteiger partial charge in [0, 0.05) is 11.4 Å². The van der Waals surface area contributed by atoms with Crippen molar-refractivity contribution in [1.29, 1.82) is 0 Å². The molecular weight excluding hydrogens is 251 g/mol. The maximum Gasteiger partial charge on any atom is 0.162 e. The molecule has 96 valence electrons. The van der Waals surface area contributed by atoms with Crippen LogP contribution < -0.4 is 0 Å². The first kappa shape index (κ1) is 13.3. The monoisotopic (exact) mass is 266 g/mol. The summed E-state index contributed by atoms with van der Waals surface area (Å²) in [5.41, 5.74) is 1.59. The average Bonchev–Trinajstić information content (AvgIpc) is 2.33. The standard InChI is InChI=1S/C15H16ClFO/c1-10-2-4-11(5-3-10)15(18)8-12-6-7-13(17)9-14(12)16/h4,6-7,9-10H,2-3,5,8H2,1H3. The van der Waals surface area contributed by atoms with Crippen molar-refractivity contribution in [3.05, 3.63) is 46.3 Å². The topological polar surface area (TPSA) is 17.1 Å². The van der Waals surface area contributed by atoms with Crippen LogP contribution in [0.2, 0.25) is 5.02 Å². The van der Waals surface area contributed by atoms with Gasteiger partial charge in [0.25, 0.3) is 0 Å². The fraction of sp³-hybridized carbons (Fsp3) is 0.400. The van der Waals surface area contributed by atoms with Crippen molar-refractivity contribution in [3.8, 4) is 0 Å². The summed E-state index contributed by atoms with van der Waals surface area (Å²) in [6, 6.07) is 4.18. The summed E-state index contributed by atoms with van der Waals surface area (Å²) in [5.74, 6) is 0.397. The lowest BCUT2D eigenvalue weighted by atomic mass is 9.88. The van der Waals surface area contributed by atoms with Crippen molar-refractivity contribution >= 4 is 17.4 Å². The fourth-order valence-corrected chi connectivity index (χ4v) is 2.40. The van der Waals surface area contributed by atoms with Crippen molar-refractivity contribution in [2.75, 3.05) is 0 Å².